The Balaban J connectivity index is 1.56. The lowest BCUT2D eigenvalue weighted by Crippen LogP contribution is -2.45. The number of aliphatic hydroxyl groups excluding tert-OH is 1. The molecule has 2 aliphatic heterocycles. The van der Waals surface area contributed by atoms with Crippen LogP contribution in [0.1, 0.15) is 37.6 Å². The quantitative estimate of drug-likeness (QED) is 0.474. The summed E-state index contributed by atoms with van der Waals surface area (Å²) >= 11 is 8.06. The van der Waals surface area contributed by atoms with Gasteiger partial charge >= 0.3 is 6.09 Å². The van der Waals surface area contributed by atoms with Gasteiger partial charge in [-0.25, -0.2) is 9.18 Å². The first-order valence-corrected chi connectivity index (χ1v) is 13.0. The first-order chi connectivity index (χ1) is 16.6. The van der Waals surface area contributed by atoms with Crippen LogP contribution >= 0.6 is 22.9 Å². The Bertz CT molecular complexity index is 1270. The average Bonchev–Trinajstić information content (AvgIpc) is 3.40. The molecule has 1 fully saturated rings. The maximum absolute atomic E-state index is 15.5. The highest BCUT2D eigenvalue weighted by molar-refractivity contribution is 7.19. The number of fused-ring (bicyclic) bond motifs is 2. The van der Waals surface area contributed by atoms with E-state index < -0.39 is 23.9 Å². The largest absolute Gasteiger partial charge is 0.444 e. The van der Waals surface area contributed by atoms with E-state index in [0.29, 0.717) is 11.6 Å². The second-order valence-corrected chi connectivity index (χ2v) is 11.7. The molecule has 2 aromatic heterocycles. The summed E-state index contributed by atoms with van der Waals surface area (Å²) in [5.74, 6) is 0. The number of rotatable bonds is 3. The molecule has 1 N–H and O–H groups in total. The first kappa shape index (κ1) is 24.3. The summed E-state index contributed by atoms with van der Waals surface area (Å²) in [6, 6.07) is 7.26. The molecule has 1 aromatic carbocycles. The number of likely N-dealkylation sites (tertiary alicyclic amines) is 1. The van der Waals surface area contributed by atoms with Crippen LogP contribution < -0.4 is 4.90 Å². The first-order valence-electron chi connectivity index (χ1n) is 11.8. The predicted octanol–water partition coefficient (Wildman–Crippen LogP) is 5.82. The topological polar surface area (TPSA) is 65.9 Å². The Morgan fingerprint density at radius 3 is 2.83 bits per heavy atom. The van der Waals surface area contributed by atoms with Crippen LogP contribution in [0.4, 0.5) is 14.9 Å². The number of anilines is 1. The van der Waals surface area contributed by atoms with Gasteiger partial charge in [0.2, 0.25) is 0 Å². The molecule has 0 bridgehead atoms. The number of benzene rings is 1. The van der Waals surface area contributed by atoms with Crippen molar-refractivity contribution in [2.75, 3.05) is 24.5 Å². The van der Waals surface area contributed by atoms with E-state index in [2.05, 4.69) is 9.88 Å². The summed E-state index contributed by atoms with van der Waals surface area (Å²) in [5, 5.41) is 10.3. The Labute approximate surface area is 213 Å². The fraction of sp³-hybridized carbons (Fsp3) is 0.462. The number of pyridine rings is 1. The molecule has 186 valence electrons. The van der Waals surface area contributed by atoms with Crippen LogP contribution in [0.3, 0.4) is 0 Å². The zero-order valence-corrected chi connectivity index (χ0v) is 21.6. The van der Waals surface area contributed by atoms with Crippen LogP contribution in [0, 0.1) is 0 Å². The van der Waals surface area contributed by atoms with Crippen molar-refractivity contribution in [3.63, 3.8) is 0 Å². The number of hydrogen-bond donors (Lipinski definition) is 1. The monoisotopic (exact) mass is 517 g/mol. The zero-order valence-electron chi connectivity index (χ0n) is 20.1. The summed E-state index contributed by atoms with van der Waals surface area (Å²) in [5.41, 5.74) is 4.10. The van der Waals surface area contributed by atoms with E-state index in [0.717, 1.165) is 50.3 Å². The highest BCUT2D eigenvalue weighted by Gasteiger charge is 2.42. The van der Waals surface area contributed by atoms with Crippen LogP contribution in [-0.4, -0.2) is 58.5 Å². The minimum atomic E-state index is -1.20. The van der Waals surface area contributed by atoms with E-state index in [4.69, 9.17) is 16.3 Å². The van der Waals surface area contributed by atoms with E-state index in [1.54, 1.807) is 6.20 Å². The van der Waals surface area contributed by atoms with Gasteiger partial charge in [-0.05, 0) is 63.4 Å². The van der Waals surface area contributed by atoms with Crippen molar-refractivity contribution in [3.8, 4) is 11.1 Å². The normalized spacial score (nSPS) is 20.4. The molecule has 9 heteroatoms. The van der Waals surface area contributed by atoms with Gasteiger partial charge in [0.1, 0.15) is 11.8 Å². The number of ether oxygens (including phenoxy) is 1. The molecule has 3 aromatic rings. The lowest BCUT2D eigenvalue weighted by molar-refractivity contribution is 0.0283. The van der Waals surface area contributed by atoms with Crippen molar-refractivity contribution in [3.05, 3.63) is 45.9 Å². The van der Waals surface area contributed by atoms with E-state index >= 15 is 4.39 Å². The summed E-state index contributed by atoms with van der Waals surface area (Å²) in [7, 11) is 0. The number of hydrogen-bond acceptors (Lipinski definition) is 6. The van der Waals surface area contributed by atoms with Gasteiger partial charge in [-0.3, -0.25) is 4.98 Å². The number of carbonyl (C=O) groups excluding carboxylic acids is 1. The van der Waals surface area contributed by atoms with Crippen molar-refractivity contribution in [2.24, 2.45) is 0 Å². The van der Waals surface area contributed by atoms with Crippen molar-refractivity contribution < 1.29 is 19.0 Å². The van der Waals surface area contributed by atoms with Crippen LogP contribution in [-0.2, 0) is 17.8 Å². The molecule has 0 saturated carbocycles. The molecule has 0 radical (unpaired) electrons. The lowest BCUT2D eigenvalue weighted by Gasteiger charge is -2.38. The van der Waals surface area contributed by atoms with Crippen molar-refractivity contribution >= 4 is 44.9 Å². The van der Waals surface area contributed by atoms with Crippen LogP contribution in [0.25, 0.3) is 21.3 Å². The number of nitrogens with zero attached hydrogens (tertiary/aromatic N) is 3. The lowest BCUT2D eigenvalue weighted by atomic mass is 9.92. The molecule has 5 rings (SSSR count). The number of alkyl halides is 1. The van der Waals surface area contributed by atoms with Crippen molar-refractivity contribution in [1.82, 2.24) is 9.88 Å². The molecule has 4 heterocycles. The minimum absolute atomic E-state index is 0.0125. The molecule has 0 spiro atoms. The summed E-state index contributed by atoms with van der Waals surface area (Å²) < 4.78 is 21.9. The molecule has 0 aliphatic carbocycles. The fourth-order valence-electron chi connectivity index (χ4n) is 5.07. The van der Waals surface area contributed by atoms with E-state index in [9.17, 15) is 9.90 Å². The number of thiophene rings is 1. The Morgan fingerprint density at radius 1 is 1.29 bits per heavy atom. The Kier molecular flexibility index (Phi) is 6.40. The minimum Gasteiger partial charge on any atom is -0.444 e. The van der Waals surface area contributed by atoms with Crippen molar-refractivity contribution in [2.45, 2.75) is 58.0 Å². The molecule has 35 heavy (non-hydrogen) atoms. The van der Waals surface area contributed by atoms with Gasteiger partial charge in [0.25, 0.3) is 0 Å². The van der Waals surface area contributed by atoms with Crippen LogP contribution in [0.2, 0.25) is 5.02 Å². The summed E-state index contributed by atoms with van der Waals surface area (Å²) in [4.78, 5) is 21.6. The van der Waals surface area contributed by atoms with Gasteiger partial charge in [0.15, 0.2) is 0 Å². The van der Waals surface area contributed by atoms with Gasteiger partial charge in [-0.1, -0.05) is 11.6 Å². The fourth-order valence-corrected chi connectivity index (χ4v) is 6.31. The zero-order chi connectivity index (χ0) is 24.9. The molecule has 6 nitrogen and oxygen atoms in total. The van der Waals surface area contributed by atoms with E-state index in [-0.39, 0.29) is 19.7 Å². The van der Waals surface area contributed by atoms with Crippen molar-refractivity contribution in [1.29, 1.82) is 0 Å². The van der Waals surface area contributed by atoms with Gasteiger partial charge < -0.3 is 19.6 Å². The number of aryl methyl sites for hydroxylation is 1. The number of halogens is 2. The van der Waals surface area contributed by atoms with Crippen LogP contribution in [0.5, 0.6) is 0 Å². The van der Waals surface area contributed by atoms with E-state index in [1.165, 1.54) is 16.2 Å². The molecular weight excluding hydrogens is 489 g/mol. The number of aromatic nitrogens is 1. The second kappa shape index (κ2) is 9.22. The predicted molar refractivity (Wildman–Crippen MR) is 138 cm³/mol. The Hall–Kier alpha value is -2.42. The molecular formula is C26H29ClFN3O3S. The summed E-state index contributed by atoms with van der Waals surface area (Å²) in [6.45, 7) is 6.34. The molecule has 1 amide bonds. The third kappa shape index (κ3) is 4.71. The van der Waals surface area contributed by atoms with Gasteiger partial charge in [0, 0.05) is 46.0 Å². The molecule has 1 saturated heterocycles. The number of aliphatic hydroxyl groups is 1. The van der Waals surface area contributed by atoms with Gasteiger partial charge in [-0.15, -0.1) is 11.3 Å². The van der Waals surface area contributed by atoms with Gasteiger partial charge in [0.05, 0.1) is 29.4 Å². The molecule has 2 atom stereocenters. The number of amides is 1. The smallest absolute Gasteiger partial charge is 0.410 e. The third-order valence-electron chi connectivity index (χ3n) is 6.47. The SMILES string of the molecule is CC(C)(C)OC(=O)N1CC(F)[C@H](N2CCCc3cc(Cl)cc(-c4ccnc5cc(CO)sc45)c32)C1. The number of carbonyl (C=O) groups is 1. The highest BCUT2D eigenvalue weighted by Crippen LogP contribution is 2.45. The molecule has 2 aliphatic rings. The van der Waals surface area contributed by atoms with Gasteiger partial charge in [-0.2, -0.15) is 0 Å². The van der Waals surface area contributed by atoms with E-state index in [1.807, 2.05) is 45.0 Å². The average molecular weight is 518 g/mol. The third-order valence-corrected chi connectivity index (χ3v) is 7.83. The molecule has 1 unspecified atom stereocenters. The summed E-state index contributed by atoms with van der Waals surface area (Å²) in [6.07, 6.45) is 1.80. The van der Waals surface area contributed by atoms with Crippen LogP contribution in [0.15, 0.2) is 30.5 Å². The maximum Gasteiger partial charge on any atom is 0.410 e. The highest BCUT2D eigenvalue weighted by atomic mass is 35.5. The maximum atomic E-state index is 15.5. The second-order valence-electron chi connectivity index (χ2n) is 10.2. The standard InChI is InChI=1S/C26H29ClFN3O3S/c1-26(2,3)34-25(33)30-12-20(28)22(13-30)31-8-4-5-15-9-16(27)10-19(23(15)31)18-6-7-29-21-11-17(14-32)35-24(18)21/h6-7,9-11,20,22,32H,4-5,8,12-14H2,1-3H3/t20?,22-/m1/s1. The Morgan fingerprint density at radius 2 is 2.09 bits per heavy atom.